The first kappa shape index (κ1) is 18.7. The lowest BCUT2D eigenvalue weighted by Gasteiger charge is -2.19. The molecule has 0 saturated carbocycles. The molecule has 30 heavy (non-hydrogen) atoms. The molecule has 1 aromatic carbocycles. The Labute approximate surface area is 178 Å². The fraction of sp³-hybridized carbons (Fsp3) is 0.227. The SMILES string of the molecule is Cc1cn2cccc2c(N2CC[C@H](NC(=O)c3cn(-c4ccc(Cl)cc4)cn3)C2)n1. The highest BCUT2D eigenvalue weighted by Crippen LogP contribution is 2.24. The van der Waals surface area contributed by atoms with Crippen LogP contribution in [0.4, 0.5) is 5.82 Å². The van der Waals surface area contributed by atoms with Crippen molar-refractivity contribution in [1.82, 2.24) is 24.3 Å². The van der Waals surface area contributed by atoms with Gasteiger partial charge in [-0.25, -0.2) is 9.97 Å². The number of fused-ring (bicyclic) bond motifs is 1. The number of hydrogen-bond acceptors (Lipinski definition) is 4. The Kier molecular flexibility index (Phi) is 4.67. The number of aromatic nitrogens is 4. The summed E-state index contributed by atoms with van der Waals surface area (Å²) in [5.74, 6) is 0.795. The third-order valence-electron chi connectivity index (χ3n) is 5.38. The van der Waals surface area contributed by atoms with Gasteiger partial charge in [-0.05, 0) is 49.7 Å². The molecular formula is C22H21ClN6O. The molecule has 0 bridgehead atoms. The minimum atomic E-state index is -0.167. The van der Waals surface area contributed by atoms with Crippen molar-refractivity contribution in [2.45, 2.75) is 19.4 Å². The van der Waals surface area contributed by atoms with E-state index in [2.05, 4.69) is 25.7 Å². The van der Waals surface area contributed by atoms with Crippen molar-refractivity contribution in [1.29, 1.82) is 0 Å². The molecule has 4 aromatic rings. The normalized spacial score (nSPS) is 16.3. The minimum absolute atomic E-state index is 0.0514. The largest absolute Gasteiger partial charge is 0.353 e. The summed E-state index contributed by atoms with van der Waals surface area (Å²) < 4.78 is 3.90. The summed E-state index contributed by atoms with van der Waals surface area (Å²) in [6, 6.07) is 11.5. The summed E-state index contributed by atoms with van der Waals surface area (Å²) in [5.41, 5.74) is 3.34. The van der Waals surface area contributed by atoms with Crippen molar-refractivity contribution in [3.63, 3.8) is 0 Å². The second kappa shape index (κ2) is 7.50. The van der Waals surface area contributed by atoms with Gasteiger partial charge in [0.2, 0.25) is 0 Å². The Morgan fingerprint density at radius 2 is 2.03 bits per heavy atom. The van der Waals surface area contributed by atoms with Gasteiger partial charge in [-0.15, -0.1) is 0 Å². The number of halogens is 1. The fourth-order valence-corrected chi connectivity index (χ4v) is 4.03. The lowest BCUT2D eigenvalue weighted by atomic mass is 10.2. The van der Waals surface area contributed by atoms with E-state index in [1.807, 2.05) is 54.2 Å². The predicted molar refractivity (Wildman–Crippen MR) is 117 cm³/mol. The van der Waals surface area contributed by atoms with Crippen LogP contribution in [0, 0.1) is 6.92 Å². The van der Waals surface area contributed by atoms with E-state index in [9.17, 15) is 4.79 Å². The Bertz CT molecular complexity index is 1210. The highest BCUT2D eigenvalue weighted by atomic mass is 35.5. The third kappa shape index (κ3) is 3.52. The van der Waals surface area contributed by atoms with Crippen LogP contribution in [-0.4, -0.2) is 44.0 Å². The number of hydrogen-bond donors (Lipinski definition) is 1. The van der Waals surface area contributed by atoms with Crippen molar-refractivity contribution < 1.29 is 4.79 Å². The Balaban J connectivity index is 1.27. The van der Waals surface area contributed by atoms with Crippen LogP contribution in [0.25, 0.3) is 11.2 Å². The molecule has 1 fully saturated rings. The van der Waals surface area contributed by atoms with Gasteiger partial charge in [0.15, 0.2) is 5.82 Å². The number of benzene rings is 1. The van der Waals surface area contributed by atoms with Gasteiger partial charge in [-0.3, -0.25) is 4.79 Å². The Morgan fingerprint density at radius 1 is 1.20 bits per heavy atom. The first-order valence-electron chi connectivity index (χ1n) is 9.87. The molecule has 3 aromatic heterocycles. The number of nitrogens with one attached hydrogen (secondary N) is 1. The first-order chi connectivity index (χ1) is 14.6. The summed E-state index contributed by atoms with van der Waals surface area (Å²) in [5, 5.41) is 3.78. The summed E-state index contributed by atoms with van der Waals surface area (Å²) in [6.07, 6.45) is 8.29. The molecule has 0 spiro atoms. The number of carbonyl (C=O) groups is 1. The van der Waals surface area contributed by atoms with Crippen LogP contribution >= 0.6 is 11.6 Å². The maximum Gasteiger partial charge on any atom is 0.271 e. The smallest absolute Gasteiger partial charge is 0.271 e. The number of nitrogens with zero attached hydrogens (tertiary/aromatic N) is 5. The van der Waals surface area contributed by atoms with E-state index in [4.69, 9.17) is 16.6 Å². The molecule has 1 aliphatic heterocycles. The average Bonchev–Trinajstić information content (AvgIpc) is 3.48. The predicted octanol–water partition coefficient (Wildman–Crippen LogP) is 3.49. The molecule has 1 amide bonds. The molecule has 1 saturated heterocycles. The molecule has 0 aliphatic carbocycles. The van der Waals surface area contributed by atoms with Gasteiger partial charge in [0.1, 0.15) is 12.0 Å². The average molecular weight is 421 g/mol. The van der Waals surface area contributed by atoms with Gasteiger partial charge in [0.05, 0.1) is 11.2 Å². The molecule has 8 heteroatoms. The zero-order valence-corrected chi connectivity index (χ0v) is 17.3. The zero-order valence-electron chi connectivity index (χ0n) is 16.5. The molecular weight excluding hydrogens is 400 g/mol. The highest BCUT2D eigenvalue weighted by molar-refractivity contribution is 6.30. The van der Waals surface area contributed by atoms with Gasteiger partial charge >= 0.3 is 0 Å². The van der Waals surface area contributed by atoms with Gasteiger partial charge in [-0.2, -0.15) is 0 Å². The van der Waals surface area contributed by atoms with E-state index in [-0.39, 0.29) is 11.9 Å². The Morgan fingerprint density at radius 3 is 2.87 bits per heavy atom. The van der Waals surface area contributed by atoms with E-state index >= 15 is 0 Å². The van der Waals surface area contributed by atoms with E-state index in [1.54, 1.807) is 12.5 Å². The molecule has 7 nitrogen and oxygen atoms in total. The van der Waals surface area contributed by atoms with Crippen LogP contribution in [0.5, 0.6) is 0 Å². The van der Waals surface area contributed by atoms with Gasteiger partial charge < -0.3 is 19.2 Å². The second-order valence-electron chi connectivity index (χ2n) is 7.55. The lowest BCUT2D eigenvalue weighted by molar-refractivity contribution is 0.0936. The zero-order chi connectivity index (χ0) is 20.7. The number of carbonyl (C=O) groups excluding carboxylic acids is 1. The first-order valence-corrected chi connectivity index (χ1v) is 10.2. The summed E-state index contributed by atoms with van der Waals surface area (Å²) in [4.78, 5) is 24.0. The topological polar surface area (TPSA) is 67.5 Å². The van der Waals surface area contributed by atoms with Crippen LogP contribution in [0.1, 0.15) is 22.6 Å². The summed E-state index contributed by atoms with van der Waals surface area (Å²) >= 11 is 5.94. The maximum atomic E-state index is 12.7. The molecule has 1 atom stereocenters. The van der Waals surface area contributed by atoms with Crippen molar-refractivity contribution >= 4 is 28.8 Å². The number of amides is 1. The Hall–Kier alpha value is -3.32. The standard InChI is InChI=1S/C22H21ClN6O/c1-15-11-27-9-2-3-20(27)21(25-15)28-10-8-17(12-28)26-22(30)19-13-29(14-24-19)18-6-4-16(23)5-7-18/h2-7,9,11,13-14,17H,8,10,12H2,1H3,(H,26,30)/t17-/m0/s1. The van der Waals surface area contributed by atoms with Gasteiger partial charge in [-0.1, -0.05) is 11.6 Å². The molecule has 1 N–H and O–H groups in total. The van der Waals surface area contributed by atoms with Gasteiger partial charge in [0, 0.05) is 48.4 Å². The third-order valence-corrected chi connectivity index (χ3v) is 5.63. The highest BCUT2D eigenvalue weighted by Gasteiger charge is 2.27. The number of aryl methyl sites for hydroxylation is 1. The van der Waals surface area contributed by atoms with E-state index < -0.39 is 0 Å². The fourth-order valence-electron chi connectivity index (χ4n) is 3.91. The number of anilines is 1. The van der Waals surface area contributed by atoms with Crippen LogP contribution < -0.4 is 10.2 Å². The number of rotatable bonds is 4. The molecule has 152 valence electrons. The minimum Gasteiger partial charge on any atom is -0.353 e. The van der Waals surface area contributed by atoms with Crippen LogP contribution in [0.15, 0.2) is 61.3 Å². The lowest BCUT2D eigenvalue weighted by Crippen LogP contribution is -2.37. The quantitative estimate of drug-likeness (QED) is 0.548. The monoisotopic (exact) mass is 420 g/mol. The van der Waals surface area contributed by atoms with Crippen molar-refractivity contribution in [2.24, 2.45) is 0 Å². The van der Waals surface area contributed by atoms with Crippen LogP contribution in [0.3, 0.4) is 0 Å². The van der Waals surface area contributed by atoms with E-state index in [0.717, 1.165) is 42.2 Å². The molecule has 0 unspecified atom stereocenters. The number of imidazole rings is 1. The maximum absolute atomic E-state index is 12.7. The summed E-state index contributed by atoms with van der Waals surface area (Å²) in [7, 11) is 0. The molecule has 0 radical (unpaired) electrons. The molecule has 4 heterocycles. The van der Waals surface area contributed by atoms with E-state index in [0.29, 0.717) is 10.7 Å². The second-order valence-corrected chi connectivity index (χ2v) is 7.99. The van der Waals surface area contributed by atoms with Crippen molar-refractivity contribution in [3.05, 3.63) is 77.7 Å². The molecule has 5 rings (SSSR count). The van der Waals surface area contributed by atoms with Crippen LogP contribution in [0.2, 0.25) is 5.02 Å². The summed E-state index contributed by atoms with van der Waals surface area (Å²) in [6.45, 7) is 3.57. The van der Waals surface area contributed by atoms with Crippen molar-refractivity contribution in [3.8, 4) is 5.69 Å². The molecule has 1 aliphatic rings. The van der Waals surface area contributed by atoms with Crippen LogP contribution in [-0.2, 0) is 0 Å². The van der Waals surface area contributed by atoms with Gasteiger partial charge in [0.25, 0.3) is 5.91 Å². The van der Waals surface area contributed by atoms with E-state index in [1.165, 1.54) is 0 Å². The van der Waals surface area contributed by atoms with Crippen molar-refractivity contribution in [2.75, 3.05) is 18.0 Å².